The van der Waals surface area contributed by atoms with Crippen molar-refractivity contribution in [2.24, 2.45) is 0 Å². The third kappa shape index (κ3) is 2.59. The molecule has 102 valence electrons. The van der Waals surface area contributed by atoms with Crippen LogP contribution in [0.3, 0.4) is 0 Å². The summed E-state index contributed by atoms with van der Waals surface area (Å²) in [6, 6.07) is 9.81. The topological polar surface area (TPSA) is 80.5 Å². The molecule has 2 aromatic heterocycles. The molecule has 0 bridgehead atoms. The van der Waals surface area contributed by atoms with Crippen molar-refractivity contribution < 1.29 is 4.52 Å². The zero-order chi connectivity index (χ0) is 13.9. The highest BCUT2D eigenvalue weighted by Crippen LogP contribution is 2.15. The molecule has 0 saturated heterocycles. The van der Waals surface area contributed by atoms with Crippen LogP contribution in [0, 0.1) is 0 Å². The molecule has 20 heavy (non-hydrogen) atoms. The molecule has 0 unspecified atom stereocenters. The number of benzene rings is 1. The average Bonchev–Trinajstić information content (AvgIpc) is 3.10. The van der Waals surface area contributed by atoms with Crippen molar-refractivity contribution in [3.05, 3.63) is 47.9 Å². The van der Waals surface area contributed by atoms with Gasteiger partial charge in [0.25, 0.3) is 0 Å². The third-order valence-corrected chi connectivity index (χ3v) is 2.88. The van der Waals surface area contributed by atoms with Gasteiger partial charge < -0.3 is 4.52 Å². The molecule has 6 nitrogen and oxygen atoms in total. The molecular formula is C14H15N5O. The van der Waals surface area contributed by atoms with Crippen molar-refractivity contribution in [1.29, 1.82) is 0 Å². The Hall–Kier alpha value is -2.50. The highest BCUT2D eigenvalue weighted by Gasteiger charge is 2.12. The highest BCUT2D eigenvalue weighted by atomic mass is 16.5. The molecule has 1 N–H and O–H groups in total. The summed E-state index contributed by atoms with van der Waals surface area (Å²) < 4.78 is 5.20. The fraction of sp³-hybridized carbons (Fsp3) is 0.286. The molecule has 3 aromatic rings. The van der Waals surface area contributed by atoms with Crippen LogP contribution in [0.1, 0.15) is 37.3 Å². The van der Waals surface area contributed by atoms with Gasteiger partial charge in [0.2, 0.25) is 5.89 Å². The lowest BCUT2D eigenvalue weighted by atomic mass is 10.2. The molecule has 1 aromatic carbocycles. The normalized spacial score (nSPS) is 11.2. The molecule has 2 heterocycles. The van der Waals surface area contributed by atoms with Gasteiger partial charge in [-0.15, -0.1) is 0 Å². The van der Waals surface area contributed by atoms with Crippen LogP contribution < -0.4 is 0 Å². The number of rotatable bonds is 4. The largest absolute Gasteiger partial charge is 0.339 e. The van der Waals surface area contributed by atoms with E-state index in [1.807, 2.05) is 44.2 Å². The van der Waals surface area contributed by atoms with Crippen LogP contribution in [0.15, 0.2) is 34.9 Å². The Kier molecular flexibility index (Phi) is 3.28. The quantitative estimate of drug-likeness (QED) is 0.787. The van der Waals surface area contributed by atoms with Crippen LogP contribution in [-0.2, 0) is 6.42 Å². The van der Waals surface area contributed by atoms with Gasteiger partial charge in [-0.3, -0.25) is 5.10 Å². The Morgan fingerprint density at radius 2 is 1.95 bits per heavy atom. The number of hydrogen-bond acceptors (Lipinski definition) is 5. The van der Waals surface area contributed by atoms with Crippen LogP contribution in [0.4, 0.5) is 0 Å². The van der Waals surface area contributed by atoms with E-state index in [-0.39, 0.29) is 5.92 Å². The Labute approximate surface area is 116 Å². The molecule has 0 atom stereocenters. The summed E-state index contributed by atoms with van der Waals surface area (Å²) in [6.45, 7) is 4.05. The second-order valence-corrected chi connectivity index (χ2v) is 4.85. The molecule has 0 aliphatic rings. The third-order valence-electron chi connectivity index (χ3n) is 2.88. The number of nitrogens with zero attached hydrogens (tertiary/aromatic N) is 4. The standard InChI is InChI=1S/C14H15N5O/c1-9(2)13-16-12(20-19-13)8-11-15-14(18-17-11)10-6-4-3-5-7-10/h3-7,9H,8H2,1-2H3,(H,15,17,18). The number of H-pyrrole nitrogens is 1. The van der Waals surface area contributed by atoms with Gasteiger partial charge in [0.15, 0.2) is 11.6 Å². The molecule has 0 amide bonds. The summed E-state index contributed by atoms with van der Waals surface area (Å²) in [6.07, 6.45) is 0.458. The number of aromatic amines is 1. The van der Waals surface area contributed by atoms with Crippen molar-refractivity contribution in [3.8, 4) is 11.4 Å². The maximum atomic E-state index is 5.20. The van der Waals surface area contributed by atoms with Gasteiger partial charge in [0, 0.05) is 11.5 Å². The van der Waals surface area contributed by atoms with Gasteiger partial charge >= 0.3 is 0 Å². The predicted molar refractivity (Wildman–Crippen MR) is 73.0 cm³/mol. The summed E-state index contributed by atoms with van der Waals surface area (Å²) >= 11 is 0. The molecule has 0 aliphatic heterocycles. The van der Waals surface area contributed by atoms with Crippen LogP contribution >= 0.6 is 0 Å². The second-order valence-electron chi connectivity index (χ2n) is 4.85. The van der Waals surface area contributed by atoms with Gasteiger partial charge in [0.1, 0.15) is 5.82 Å². The molecule has 0 radical (unpaired) electrons. The zero-order valence-corrected chi connectivity index (χ0v) is 11.4. The van der Waals surface area contributed by atoms with Crippen molar-refractivity contribution in [1.82, 2.24) is 25.3 Å². The van der Waals surface area contributed by atoms with E-state index in [1.165, 1.54) is 0 Å². The first-order valence-corrected chi connectivity index (χ1v) is 6.51. The van der Waals surface area contributed by atoms with E-state index in [0.717, 1.165) is 5.56 Å². The van der Waals surface area contributed by atoms with E-state index in [1.54, 1.807) is 0 Å². The Bertz CT molecular complexity index is 686. The Balaban J connectivity index is 1.77. The van der Waals surface area contributed by atoms with E-state index in [4.69, 9.17) is 4.52 Å². The first-order valence-electron chi connectivity index (χ1n) is 6.51. The van der Waals surface area contributed by atoms with Crippen molar-refractivity contribution in [2.75, 3.05) is 0 Å². The lowest BCUT2D eigenvalue weighted by molar-refractivity contribution is 0.376. The van der Waals surface area contributed by atoms with Crippen LogP contribution in [-0.4, -0.2) is 25.3 Å². The van der Waals surface area contributed by atoms with Crippen molar-refractivity contribution >= 4 is 0 Å². The minimum atomic E-state index is 0.252. The fourth-order valence-corrected chi connectivity index (χ4v) is 1.81. The number of aromatic nitrogens is 5. The second kappa shape index (κ2) is 5.24. The van der Waals surface area contributed by atoms with Crippen molar-refractivity contribution in [2.45, 2.75) is 26.2 Å². The van der Waals surface area contributed by atoms with Gasteiger partial charge in [-0.25, -0.2) is 4.98 Å². The lowest BCUT2D eigenvalue weighted by Gasteiger charge is -1.92. The molecule has 0 fully saturated rings. The summed E-state index contributed by atoms with van der Waals surface area (Å²) in [5, 5.41) is 11.0. The maximum absolute atomic E-state index is 5.20. The van der Waals surface area contributed by atoms with Crippen LogP contribution in [0.25, 0.3) is 11.4 Å². The summed E-state index contributed by atoms with van der Waals surface area (Å²) in [4.78, 5) is 8.76. The van der Waals surface area contributed by atoms with Gasteiger partial charge in [-0.2, -0.15) is 10.1 Å². The molecular weight excluding hydrogens is 254 g/mol. The smallest absolute Gasteiger partial charge is 0.234 e. The molecule has 0 spiro atoms. The lowest BCUT2D eigenvalue weighted by Crippen LogP contribution is -1.93. The Morgan fingerprint density at radius 3 is 2.65 bits per heavy atom. The summed E-state index contributed by atoms with van der Waals surface area (Å²) in [5.41, 5.74) is 0.975. The summed E-state index contributed by atoms with van der Waals surface area (Å²) in [7, 11) is 0. The van der Waals surface area contributed by atoms with Crippen LogP contribution in [0.5, 0.6) is 0 Å². The van der Waals surface area contributed by atoms with E-state index in [0.29, 0.717) is 29.8 Å². The van der Waals surface area contributed by atoms with Gasteiger partial charge in [-0.1, -0.05) is 49.3 Å². The minimum absolute atomic E-state index is 0.252. The zero-order valence-electron chi connectivity index (χ0n) is 11.4. The van der Waals surface area contributed by atoms with E-state index < -0.39 is 0 Å². The fourth-order valence-electron chi connectivity index (χ4n) is 1.81. The van der Waals surface area contributed by atoms with Crippen LogP contribution in [0.2, 0.25) is 0 Å². The monoisotopic (exact) mass is 269 g/mol. The van der Waals surface area contributed by atoms with Gasteiger partial charge in [-0.05, 0) is 0 Å². The number of nitrogens with one attached hydrogen (secondary N) is 1. The van der Waals surface area contributed by atoms with E-state index >= 15 is 0 Å². The van der Waals surface area contributed by atoms with Crippen molar-refractivity contribution in [3.63, 3.8) is 0 Å². The highest BCUT2D eigenvalue weighted by molar-refractivity contribution is 5.53. The molecule has 6 heteroatoms. The molecule has 3 rings (SSSR count). The predicted octanol–water partition coefficient (Wildman–Crippen LogP) is 2.57. The SMILES string of the molecule is CC(C)c1noc(Cc2nc(-c3ccccc3)n[nH]2)n1. The van der Waals surface area contributed by atoms with E-state index in [9.17, 15) is 0 Å². The Morgan fingerprint density at radius 1 is 1.15 bits per heavy atom. The maximum Gasteiger partial charge on any atom is 0.234 e. The minimum Gasteiger partial charge on any atom is -0.339 e. The molecule has 0 saturated carbocycles. The molecule has 0 aliphatic carbocycles. The number of hydrogen-bond donors (Lipinski definition) is 1. The summed E-state index contributed by atoms with van der Waals surface area (Å²) in [5.74, 6) is 2.89. The first-order chi connectivity index (χ1) is 9.72. The first kappa shape index (κ1) is 12.5. The van der Waals surface area contributed by atoms with E-state index in [2.05, 4.69) is 25.3 Å². The average molecular weight is 269 g/mol. The van der Waals surface area contributed by atoms with Gasteiger partial charge in [0.05, 0.1) is 6.42 Å².